The number of hydrogen-bond acceptors (Lipinski definition) is 5. The van der Waals surface area contributed by atoms with Gasteiger partial charge in [0.25, 0.3) is 5.91 Å². The predicted octanol–water partition coefficient (Wildman–Crippen LogP) is 1.43. The fourth-order valence-electron chi connectivity index (χ4n) is 2.21. The van der Waals surface area contributed by atoms with Gasteiger partial charge in [-0.25, -0.2) is 0 Å². The molecule has 0 radical (unpaired) electrons. The van der Waals surface area contributed by atoms with Crippen molar-refractivity contribution in [2.45, 2.75) is 6.42 Å². The number of carbonyl (C=O) groups is 2. The molecule has 1 aliphatic heterocycles. The number of hydrazine groups is 1. The topological polar surface area (TPSA) is 85.9 Å². The Kier molecular flexibility index (Phi) is 4.51. The molecule has 0 fully saturated rings. The van der Waals surface area contributed by atoms with E-state index in [2.05, 4.69) is 10.9 Å². The molecule has 2 aromatic rings. The molecule has 2 amide bonds. The maximum Gasteiger partial charge on any atom is 0.269 e. The van der Waals surface area contributed by atoms with Gasteiger partial charge in [0.2, 0.25) is 12.7 Å². The van der Waals surface area contributed by atoms with E-state index in [9.17, 15) is 9.59 Å². The predicted molar refractivity (Wildman–Crippen MR) is 84.9 cm³/mol. The van der Waals surface area contributed by atoms with Gasteiger partial charge in [-0.05, 0) is 35.9 Å². The van der Waals surface area contributed by atoms with Crippen molar-refractivity contribution in [3.63, 3.8) is 0 Å². The number of hydrogen-bond donors (Lipinski definition) is 2. The normalized spacial score (nSPS) is 11.7. The Balaban J connectivity index is 1.52. The average Bonchev–Trinajstić information content (AvgIpc) is 3.08. The van der Waals surface area contributed by atoms with Crippen molar-refractivity contribution in [2.75, 3.05) is 13.9 Å². The molecule has 0 spiro atoms. The van der Waals surface area contributed by atoms with E-state index < -0.39 is 5.91 Å². The molecule has 24 heavy (non-hydrogen) atoms. The summed E-state index contributed by atoms with van der Waals surface area (Å²) in [5.41, 5.74) is 5.93. The van der Waals surface area contributed by atoms with Gasteiger partial charge in [0.1, 0.15) is 5.75 Å². The summed E-state index contributed by atoms with van der Waals surface area (Å²) in [5.74, 6) is 1.06. The van der Waals surface area contributed by atoms with Gasteiger partial charge in [0.05, 0.1) is 13.5 Å². The molecule has 0 bridgehead atoms. The molecule has 1 heterocycles. The summed E-state index contributed by atoms with van der Waals surface area (Å²) in [5, 5.41) is 0. The van der Waals surface area contributed by atoms with Crippen molar-refractivity contribution in [2.24, 2.45) is 0 Å². The maximum absolute atomic E-state index is 12.0. The molecule has 2 aromatic carbocycles. The number of ether oxygens (including phenoxy) is 3. The zero-order valence-corrected chi connectivity index (χ0v) is 13.0. The largest absolute Gasteiger partial charge is 0.497 e. The molecule has 3 rings (SSSR count). The highest BCUT2D eigenvalue weighted by Crippen LogP contribution is 2.32. The summed E-state index contributed by atoms with van der Waals surface area (Å²) in [6.45, 7) is 0.138. The van der Waals surface area contributed by atoms with Crippen LogP contribution in [-0.4, -0.2) is 25.7 Å². The molecule has 1 aliphatic rings. The Labute approximate surface area is 138 Å². The van der Waals surface area contributed by atoms with Crippen molar-refractivity contribution in [3.05, 3.63) is 53.6 Å². The van der Waals surface area contributed by atoms with E-state index in [4.69, 9.17) is 14.2 Å². The molecule has 0 atom stereocenters. The Morgan fingerprint density at radius 1 is 1.04 bits per heavy atom. The van der Waals surface area contributed by atoms with E-state index in [1.165, 1.54) is 0 Å². The molecule has 2 N–H and O–H groups in total. The maximum atomic E-state index is 12.0. The van der Waals surface area contributed by atoms with E-state index in [-0.39, 0.29) is 19.1 Å². The molecule has 0 saturated carbocycles. The SMILES string of the molecule is COc1ccc(CC(=O)NNC(=O)c2ccc3c(c2)OCO3)cc1. The van der Waals surface area contributed by atoms with Crippen LogP contribution in [0.4, 0.5) is 0 Å². The molecular weight excluding hydrogens is 312 g/mol. The number of carbonyl (C=O) groups excluding carboxylic acids is 2. The van der Waals surface area contributed by atoms with Gasteiger partial charge in [0.15, 0.2) is 11.5 Å². The van der Waals surface area contributed by atoms with Crippen molar-refractivity contribution in [1.82, 2.24) is 10.9 Å². The third-order valence-corrected chi connectivity index (χ3v) is 3.47. The molecule has 0 aromatic heterocycles. The van der Waals surface area contributed by atoms with Crippen LogP contribution in [0.15, 0.2) is 42.5 Å². The van der Waals surface area contributed by atoms with Gasteiger partial charge in [-0.3, -0.25) is 20.4 Å². The monoisotopic (exact) mass is 328 g/mol. The first-order chi connectivity index (χ1) is 11.7. The van der Waals surface area contributed by atoms with Crippen LogP contribution in [0.2, 0.25) is 0 Å². The van der Waals surface area contributed by atoms with Crippen LogP contribution in [0, 0.1) is 0 Å². The fourth-order valence-corrected chi connectivity index (χ4v) is 2.21. The third kappa shape index (κ3) is 3.57. The first-order valence-corrected chi connectivity index (χ1v) is 7.27. The number of fused-ring (bicyclic) bond motifs is 1. The highest BCUT2D eigenvalue weighted by atomic mass is 16.7. The molecule has 0 saturated heterocycles. The summed E-state index contributed by atoms with van der Waals surface area (Å²) in [4.78, 5) is 23.9. The van der Waals surface area contributed by atoms with E-state index in [1.807, 2.05) is 0 Å². The van der Waals surface area contributed by atoms with Gasteiger partial charge in [-0.2, -0.15) is 0 Å². The van der Waals surface area contributed by atoms with Crippen LogP contribution in [0.5, 0.6) is 17.2 Å². The molecule has 124 valence electrons. The number of benzene rings is 2. The van der Waals surface area contributed by atoms with E-state index in [0.717, 1.165) is 11.3 Å². The zero-order chi connectivity index (χ0) is 16.9. The van der Waals surface area contributed by atoms with Crippen molar-refractivity contribution in [3.8, 4) is 17.2 Å². The zero-order valence-electron chi connectivity index (χ0n) is 13.0. The third-order valence-electron chi connectivity index (χ3n) is 3.47. The smallest absolute Gasteiger partial charge is 0.269 e. The quantitative estimate of drug-likeness (QED) is 0.829. The molecule has 7 nitrogen and oxygen atoms in total. The number of amides is 2. The van der Waals surface area contributed by atoms with Crippen molar-refractivity contribution in [1.29, 1.82) is 0 Å². The molecular formula is C17H16N2O5. The molecule has 0 aliphatic carbocycles. The van der Waals surface area contributed by atoms with Gasteiger partial charge in [-0.1, -0.05) is 12.1 Å². The lowest BCUT2D eigenvalue weighted by molar-refractivity contribution is -0.121. The van der Waals surface area contributed by atoms with E-state index in [0.29, 0.717) is 17.1 Å². The van der Waals surface area contributed by atoms with Crippen LogP contribution in [0.3, 0.4) is 0 Å². The second kappa shape index (κ2) is 6.91. The summed E-state index contributed by atoms with van der Waals surface area (Å²) < 4.78 is 15.5. The highest BCUT2D eigenvalue weighted by Gasteiger charge is 2.16. The minimum atomic E-state index is -0.434. The second-order valence-corrected chi connectivity index (χ2v) is 5.10. The standard InChI is InChI=1S/C17H16N2O5/c1-22-13-5-2-11(3-6-13)8-16(20)18-19-17(21)12-4-7-14-15(9-12)24-10-23-14/h2-7,9H,8,10H2,1H3,(H,18,20)(H,19,21). The molecule has 7 heteroatoms. The second-order valence-electron chi connectivity index (χ2n) is 5.10. The number of methoxy groups -OCH3 is 1. The Bertz CT molecular complexity index is 758. The van der Waals surface area contributed by atoms with Crippen LogP contribution in [0.1, 0.15) is 15.9 Å². The van der Waals surface area contributed by atoms with Crippen LogP contribution in [-0.2, 0) is 11.2 Å². The molecule has 0 unspecified atom stereocenters. The Morgan fingerprint density at radius 3 is 2.54 bits per heavy atom. The Hall–Kier alpha value is -3.22. The van der Waals surface area contributed by atoms with Crippen LogP contribution in [0.25, 0.3) is 0 Å². The van der Waals surface area contributed by atoms with Gasteiger partial charge in [-0.15, -0.1) is 0 Å². The lowest BCUT2D eigenvalue weighted by Gasteiger charge is -2.08. The number of nitrogens with one attached hydrogen (secondary N) is 2. The summed E-state index contributed by atoms with van der Waals surface area (Å²) in [7, 11) is 1.58. The highest BCUT2D eigenvalue weighted by molar-refractivity contribution is 5.96. The number of rotatable bonds is 4. The van der Waals surface area contributed by atoms with Gasteiger partial charge in [0, 0.05) is 5.56 Å². The Morgan fingerprint density at radius 2 is 1.79 bits per heavy atom. The minimum absolute atomic E-state index is 0.138. The summed E-state index contributed by atoms with van der Waals surface area (Å²) >= 11 is 0. The first kappa shape index (κ1) is 15.7. The van der Waals surface area contributed by atoms with Gasteiger partial charge >= 0.3 is 0 Å². The van der Waals surface area contributed by atoms with Gasteiger partial charge < -0.3 is 14.2 Å². The summed E-state index contributed by atoms with van der Waals surface area (Å²) in [6, 6.07) is 11.9. The van der Waals surface area contributed by atoms with Crippen molar-refractivity contribution >= 4 is 11.8 Å². The van der Waals surface area contributed by atoms with E-state index >= 15 is 0 Å². The lowest BCUT2D eigenvalue weighted by Crippen LogP contribution is -2.42. The minimum Gasteiger partial charge on any atom is -0.497 e. The van der Waals surface area contributed by atoms with E-state index in [1.54, 1.807) is 49.6 Å². The fraction of sp³-hybridized carbons (Fsp3) is 0.176. The lowest BCUT2D eigenvalue weighted by atomic mass is 10.1. The van der Waals surface area contributed by atoms with Crippen molar-refractivity contribution < 1.29 is 23.8 Å². The summed E-state index contributed by atoms with van der Waals surface area (Å²) in [6.07, 6.45) is 0.144. The van der Waals surface area contributed by atoms with Crippen LogP contribution < -0.4 is 25.1 Å². The van der Waals surface area contributed by atoms with Crippen LogP contribution >= 0.6 is 0 Å². The first-order valence-electron chi connectivity index (χ1n) is 7.27. The average molecular weight is 328 g/mol.